The monoisotopic (exact) mass is 277 g/mol. The van der Waals surface area contributed by atoms with Crippen LogP contribution in [-0.2, 0) is 0 Å². The Morgan fingerprint density at radius 2 is 1.43 bits per heavy atom. The summed E-state index contributed by atoms with van der Waals surface area (Å²) in [5, 5.41) is 12.2. The average Bonchev–Trinajstić information content (AvgIpc) is 2.54. The molecule has 102 valence electrons. The summed E-state index contributed by atoms with van der Waals surface area (Å²) in [6, 6.07) is 18.7. The molecule has 3 aromatic rings. The Kier molecular flexibility index (Phi) is 3.20. The number of hydrogen-bond donors (Lipinski definition) is 0. The highest BCUT2D eigenvalue weighted by Crippen LogP contribution is 2.29. The van der Waals surface area contributed by atoms with Crippen LogP contribution in [-0.4, -0.2) is 10.7 Å². The first kappa shape index (κ1) is 13.0. The van der Waals surface area contributed by atoms with Gasteiger partial charge in [0.15, 0.2) is 5.78 Å². The lowest BCUT2D eigenvalue weighted by atomic mass is 9.96. The van der Waals surface area contributed by atoms with Crippen LogP contribution in [0, 0.1) is 10.1 Å². The fourth-order valence-electron chi connectivity index (χ4n) is 2.39. The van der Waals surface area contributed by atoms with E-state index in [9.17, 15) is 14.9 Å². The molecule has 0 aliphatic heterocycles. The average molecular weight is 277 g/mol. The molecule has 4 nitrogen and oxygen atoms in total. The van der Waals surface area contributed by atoms with Crippen LogP contribution in [0.5, 0.6) is 0 Å². The van der Waals surface area contributed by atoms with E-state index in [2.05, 4.69) is 0 Å². The number of nitrogens with zero attached hydrogens (tertiary/aromatic N) is 1. The van der Waals surface area contributed by atoms with Crippen molar-refractivity contribution in [3.63, 3.8) is 0 Å². The van der Waals surface area contributed by atoms with Crippen molar-refractivity contribution < 1.29 is 9.72 Å². The summed E-state index contributed by atoms with van der Waals surface area (Å²) in [6.45, 7) is 0. The van der Waals surface area contributed by atoms with Gasteiger partial charge in [0.2, 0.25) is 0 Å². The van der Waals surface area contributed by atoms with Crippen LogP contribution in [0.3, 0.4) is 0 Å². The van der Waals surface area contributed by atoms with Gasteiger partial charge in [0, 0.05) is 17.2 Å². The first-order chi connectivity index (χ1) is 10.2. The highest BCUT2D eigenvalue weighted by atomic mass is 16.6. The lowest BCUT2D eigenvalue weighted by Gasteiger charge is -2.06. The first-order valence-electron chi connectivity index (χ1n) is 6.44. The van der Waals surface area contributed by atoms with Crippen molar-refractivity contribution in [1.29, 1.82) is 0 Å². The first-order valence-corrected chi connectivity index (χ1v) is 6.44. The molecule has 0 fully saturated rings. The van der Waals surface area contributed by atoms with Crippen molar-refractivity contribution >= 4 is 22.2 Å². The van der Waals surface area contributed by atoms with Crippen LogP contribution < -0.4 is 0 Å². The number of carbonyl (C=O) groups excluding carboxylic acids is 1. The molecule has 21 heavy (non-hydrogen) atoms. The third kappa shape index (κ3) is 2.27. The van der Waals surface area contributed by atoms with E-state index < -0.39 is 4.92 Å². The van der Waals surface area contributed by atoms with Gasteiger partial charge in [0.25, 0.3) is 5.69 Å². The van der Waals surface area contributed by atoms with Crippen molar-refractivity contribution in [2.24, 2.45) is 0 Å². The second-order valence-corrected chi connectivity index (χ2v) is 4.63. The van der Waals surface area contributed by atoms with Crippen LogP contribution in [0.2, 0.25) is 0 Å². The fraction of sp³-hybridized carbons (Fsp3) is 0. The molecule has 0 spiro atoms. The molecular formula is C17H11NO3. The SMILES string of the molecule is O=C(c1ccccc1)c1ccc([N+](=O)[O-])c2ccccc12. The van der Waals surface area contributed by atoms with Gasteiger partial charge in [-0.25, -0.2) is 0 Å². The Morgan fingerprint density at radius 1 is 0.810 bits per heavy atom. The van der Waals surface area contributed by atoms with Gasteiger partial charge in [-0.15, -0.1) is 0 Å². The van der Waals surface area contributed by atoms with Gasteiger partial charge in [-0.2, -0.15) is 0 Å². The van der Waals surface area contributed by atoms with Crippen LogP contribution in [0.25, 0.3) is 10.8 Å². The van der Waals surface area contributed by atoms with Crippen molar-refractivity contribution in [3.05, 3.63) is 88.0 Å². The molecule has 0 radical (unpaired) electrons. The van der Waals surface area contributed by atoms with Crippen LogP contribution >= 0.6 is 0 Å². The minimum atomic E-state index is -0.431. The highest BCUT2D eigenvalue weighted by molar-refractivity contribution is 6.17. The molecule has 0 heterocycles. The molecule has 0 N–H and O–H groups in total. The quantitative estimate of drug-likeness (QED) is 0.413. The summed E-state index contributed by atoms with van der Waals surface area (Å²) in [6.07, 6.45) is 0. The summed E-state index contributed by atoms with van der Waals surface area (Å²) in [5.74, 6) is -0.137. The van der Waals surface area contributed by atoms with Crippen LogP contribution in [0.1, 0.15) is 15.9 Å². The van der Waals surface area contributed by atoms with Crippen molar-refractivity contribution in [3.8, 4) is 0 Å². The third-order valence-electron chi connectivity index (χ3n) is 3.38. The summed E-state index contributed by atoms with van der Waals surface area (Å²) < 4.78 is 0. The Hall–Kier alpha value is -3.01. The number of fused-ring (bicyclic) bond motifs is 1. The zero-order valence-electron chi connectivity index (χ0n) is 11.0. The smallest absolute Gasteiger partial charge is 0.277 e. The number of nitro benzene ring substituents is 1. The number of benzene rings is 3. The van der Waals surface area contributed by atoms with Crippen LogP contribution in [0.4, 0.5) is 5.69 Å². The minimum Gasteiger partial charge on any atom is -0.289 e. The highest BCUT2D eigenvalue weighted by Gasteiger charge is 2.18. The van der Waals surface area contributed by atoms with E-state index in [1.165, 1.54) is 12.1 Å². The lowest BCUT2D eigenvalue weighted by molar-refractivity contribution is -0.383. The molecule has 0 aliphatic carbocycles. The molecule has 0 bridgehead atoms. The van der Waals surface area contributed by atoms with Gasteiger partial charge < -0.3 is 0 Å². The van der Waals surface area contributed by atoms with E-state index in [4.69, 9.17) is 0 Å². The summed E-state index contributed by atoms with van der Waals surface area (Å²) >= 11 is 0. The van der Waals surface area contributed by atoms with E-state index in [0.29, 0.717) is 21.9 Å². The number of rotatable bonds is 3. The molecule has 0 amide bonds. The maximum atomic E-state index is 12.6. The molecule has 3 aromatic carbocycles. The van der Waals surface area contributed by atoms with Crippen molar-refractivity contribution in [2.75, 3.05) is 0 Å². The molecule has 0 saturated heterocycles. The van der Waals surface area contributed by atoms with Gasteiger partial charge in [-0.05, 0) is 17.5 Å². The van der Waals surface area contributed by atoms with E-state index in [1.54, 1.807) is 48.5 Å². The van der Waals surface area contributed by atoms with Gasteiger partial charge in [0.1, 0.15) is 0 Å². The number of nitro groups is 1. The Morgan fingerprint density at radius 3 is 2.10 bits per heavy atom. The van der Waals surface area contributed by atoms with Gasteiger partial charge in [-0.3, -0.25) is 14.9 Å². The molecule has 3 rings (SSSR count). The largest absolute Gasteiger partial charge is 0.289 e. The van der Waals surface area contributed by atoms with E-state index in [-0.39, 0.29) is 11.5 Å². The second kappa shape index (κ2) is 5.17. The molecular weight excluding hydrogens is 266 g/mol. The zero-order chi connectivity index (χ0) is 14.8. The maximum Gasteiger partial charge on any atom is 0.277 e. The van der Waals surface area contributed by atoms with E-state index in [0.717, 1.165) is 0 Å². The Balaban J connectivity index is 2.23. The second-order valence-electron chi connectivity index (χ2n) is 4.63. The molecule has 0 saturated carbocycles. The third-order valence-corrected chi connectivity index (χ3v) is 3.38. The summed E-state index contributed by atoms with van der Waals surface area (Å²) in [4.78, 5) is 23.2. The van der Waals surface area contributed by atoms with Gasteiger partial charge in [0.05, 0.1) is 10.3 Å². The predicted octanol–water partition coefficient (Wildman–Crippen LogP) is 3.98. The molecule has 0 unspecified atom stereocenters. The van der Waals surface area contributed by atoms with Crippen LogP contribution in [0.15, 0.2) is 66.7 Å². The molecule has 4 heteroatoms. The van der Waals surface area contributed by atoms with Gasteiger partial charge >= 0.3 is 0 Å². The molecule has 0 atom stereocenters. The summed E-state index contributed by atoms with van der Waals surface area (Å²) in [7, 11) is 0. The predicted molar refractivity (Wildman–Crippen MR) is 80.5 cm³/mol. The Labute approximate surface area is 120 Å². The fourth-order valence-corrected chi connectivity index (χ4v) is 2.39. The van der Waals surface area contributed by atoms with Gasteiger partial charge in [-0.1, -0.05) is 48.5 Å². The minimum absolute atomic E-state index is 0.00946. The molecule has 0 aliphatic rings. The number of hydrogen-bond acceptors (Lipinski definition) is 3. The number of ketones is 1. The lowest BCUT2D eigenvalue weighted by Crippen LogP contribution is -2.03. The topological polar surface area (TPSA) is 60.2 Å². The Bertz CT molecular complexity index is 841. The van der Waals surface area contributed by atoms with Crippen molar-refractivity contribution in [1.82, 2.24) is 0 Å². The van der Waals surface area contributed by atoms with Crippen molar-refractivity contribution in [2.45, 2.75) is 0 Å². The number of non-ortho nitro benzene ring substituents is 1. The summed E-state index contributed by atoms with van der Waals surface area (Å²) in [5.41, 5.74) is 1.05. The molecule has 0 aromatic heterocycles. The normalized spacial score (nSPS) is 10.5. The van der Waals surface area contributed by atoms with E-state index in [1.807, 2.05) is 6.07 Å². The van der Waals surface area contributed by atoms with E-state index >= 15 is 0 Å². The standard InChI is InChI=1S/C17H11NO3/c19-17(12-6-2-1-3-7-12)15-10-11-16(18(20)21)14-9-5-4-8-13(14)15/h1-11H. The number of carbonyl (C=O) groups is 1. The zero-order valence-corrected chi connectivity index (χ0v) is 11.0. The maximum absolute atomic E-state index is 12.6.